The predicted octanol–water partition coefficient (Wildman–Crippen LogP) is 1.32. The van der Waals surface area contributed by atoms with Crippen LogP contribution in [0, 0.1) is 5.92 Å². The molecule has 0 saturated carbocycles. The largest absolute Gasteiger partial charge is 0.375 e. The average molecular weight is 340 g/mol. The van der Waals surface area contributed by atoms with Crippen molar-refractivity contribution >= 4 is 5.91 Å². The fourth-order valence-electron chi connectivity index (χ4n) is 3.47. The van der Waals surface area contributed by atoms with Gasteiger partial charge in [0.25, 0.3) is 5.91 Å². The third-order valence-electron chi connectivity index (χ3n) is 4.88. The van der Waals surface area contributed by atoms with E-state index < -0.39 is 0 Å². The third-order valence-corrected chi connectivity index (χ3v) is 4.88. The molecule has 0 aliphatic carbocycles. The summed E-state index contributed by atoms with van der Waals surface area (Å²) in [5.41, 5.74) is 1.02. The van der Waals surface area contributed by atoms with Crippen molar-refractivity contribution < 1.29 is 14.3 Å². The molecule has 2 aliphatic heterocycles. The van der Waals surface area contributed by atoms with Gasteiger partial charge < -0.3 is 14.4 Å². The van der Waals surface area contributed by atoms with Gasteiger partial charge in [-0.2, -0.15) is 0 Å². The van der Waals surface area contributed by atoms with Crippen LogP contribution >= 0.6 is 0 Å². The molecule has 0 unspecified atom stereocenters. The van der Waals surface area contributed by atoms with Crippen molar-refractivity contribution in [2.24, 2.45) is 5.92 Å². The molecule has 1 atom stereocenters. The summed E-state index contributed by atoms with van der Waals surface area (Å²) in [6, 6.07) is 5.79. The summed E-state index contributed by atoms with van der Waals surface area (Å²) < 4.78 is 11.8. The minimum absolute atomic E-state index is 0.0950. The number of carbonyl (C=O) groups is 1. The number of hydrogen-bond acceptors (Lipinski definition) is 6. The molecule has 4 heterocycles. The lowest BCUT2D eigenvalue weighted by atomic mass is 9.81. The van der Waals surface area contributed by atoms with E-state index in [1.165, 1.54) is 12.4 Å². The zero-order chi connectivity index (χ0) is 17.1. The van der Waals surface area contributed by atoms with Crippen molar-refractivity contribution in [2.75, 3.05) is 26.3 Å². The van der Waals surface area contributed by atoms with E-state index in [-0.39, 0.29) is 11.5 Å². The van der Waals surface area contributed by atoms with Gasteiger partial charge in [-0.05, 0) is 18.6 Å². The SMILES string of the molecule is O=C(c1cnccn1)N1CC2(C1)OCC[C@H]2COCc1ccccn1. The van der Waals surface area contributed by atoms with Gasteiger partial charge in [0.2, 0.25) is 0 Å². The number of pyridine rings is 1. The first-order valence-electron chi connectivity index (χ1n) is 8.44. The van der Waals surface area contributed by atoms with E-state index in [4.69, 9.17) is 9.47 Å². The van der Waals surface area contributed by atoms with E-state index in [1.54, 1.807) is 17.3 Å². The Morgan fingerprint density at radius 1 is 1.28 bits per heavy atom. The highest BCUT2D eigenvalue weighted by Crippen LogP contribution is 2.40. The Kier molecular flexibility index (Phi) is 4.42. The second-order valence-corrected chi connectivity index (χ2v) is 6.49. The van der Waals surface area contributed by atoms with Crippen LogP contribution in [0.15, 0.2) is 43.0 Å². The number of nitrogens with zero attached hydrogens (tertiary/aromatic N) is 4. The monoisotopic (exact) mass is 340 g/mol. The maximum atomic E-state index is 12.4. The maximum absolute atomic E-state index is 12.4. The topological polar surface area (TPSA) is 77.4 Å². The van der Waals surface area contributed by atoms with Gasteiger partial charge in [0.1, 0.15) is 11.3 Å². The van der Waals surface area contributed by atoms with Crippen molar-refractivity contribution in [3.8, 4) is 0 Å². The van der Waals surface area contributed by atoms with E-state index >= 15 is 0 Å². The number of aromatic nitrogens is 3. The summed E-state index contributed by atoms with van der Waals surface area (Å²) in [4.78, 5) is 26.5. The lowest BCUT2D eigenvalue weighted by molar-refractivity contribution is -0.129. The lowest BCUT2D eigenvalue weighted by Gasteiger charge is -2.49. The zero-order valence-corrected chi connectivity index (χ0v) is 13.9. The smallest absolute Gasteiger partial charge is 0.274 e. The molecule has 2 saturated heterocycles. The highest BCUT2D eigenvalue weighted by Gasteiger charge is 2.54. The second kappa shape index (κ2) is 6.85. The van der Waals surface area contributed by atoms with Crippen LogP contribution in [0.1, 0.15) is 22.6 Å². The number of likely N-dealkylation sites (tertiary alicyclic amines) is 1. The average Bonchev–Trinajstić information content (AvgIpc) is 3.05. The first-order chi connectivity index (χ1) is 12.3. The lowest BCUT2D eigenvalue weighted by Crippen LogP contribution is -2.66. The van der Waals surface area contributed by atoms with Gasteiger partial charge in [0.05, 0.1) is 38.2 Å². The van der Waals surface area contributed by atoms with Crippen LogP contribution < -0.4 is 0 Å². The fourth-order valence-corrected chi connectivity index (χ4v) is 3.47. The van der Waals surface area contributed by atoms with Gasteiger partial charge in [0.15, 0.2) is 0 Å². The van der Waals surface area contributed by atoms with Gasteiger partial charge in [-0.1, -0.05) is 6.07 Å². The molecule has 0 N–H and O–H groups in total. The Morgan fingerprint density at radius 3 is 2.96 bits per heavy atom. The first kappa shape index (κ1) is 16.1. The molecule has 130 valence electrons. The van der Waals surface area contributed by atoms with Crippen LogP contribution in [0.2, 0.25) is 0 Å². The van der Waals surface area contributed by atoms with Crippen LogP contribution in [0.3, 0.4) is 0 Å². The summed E-state index contributed by atoms with van der Waals surface area (Å²) in [5, 5.41) is 0. The molecule has 2 aromatic heterocycles. The molecule has 7 heteroatoms. The number of carbonyl (C=O) groups excluding carboxylic acids is 1. The summed E-state index contributed by atoms with van der Waals surface area (Å²) in [6.07, 6.45) is 7.30. The van der Waals surface area contributed by atoms with Crippen molar-refractivity contribution in [1.82, 2.24) is 19.9 Å². The molecule has 1 amide bonds. The van der Waals surface area contributed by atoms with E-state index in [1.807, 2.05) is 18.2 Å². The van der Waals surface area contributed by atoms with Crippen LogP contribution in [0.4, 0.5) is 0 Å². The van der Waals surface area contributed by atoms with Gasteiger partial charge >= 0.3 is 0 Å². The van der Waals surface area contributed by atoms with Gasteiger partial charge in [-0.3, -0.25) is 14.8 Å². The van der Waals surface area contributed by atoms with E-state index in [9.17, 15) is 4.79 Å². The molecule has 7 nitrogen and oxygen atoms in total. The van der Waals surface area contributed by atoms with Crippen molar-refractivity contribution in [3.05, 3.63) is 54.4 Å². The minimum Gasteiger partial charge on any atom is -0.375 e. The number of amides is 1. The Morgan fingerprint density at radius 2 is 2.20 bits per heavy atom. The van der Waals surface area contributed by atoms with Crippen molar-refractivity contribution in [3.63, 3.8) is 0 Å². The summed E-state index contributed by atoms with van der Waals surface area (Å²) in [7, 11) is 0. The van der Waals surface area contributed by atoms with Crippen molar-refractivity contribution in [2.45, 2.75) is 18.6 Å². The standard InChI is InChI=1S/C18H20N4O3/c23-17(16-9-19-6-7-21-16)22-12-18(13-22)14(4-8-25-18)10-24-11-15-3-1-2-5-20-15/h1-3,5-7,9,14H,4,8,10-13H2/t14-/m0/s1. The van der Waals surface area contributed by atoms with Gasteiger partial charge in [-0.25, -0.2) is 4.98 Å². The third kappa shape index (κ3) is 3.25. The Balaban J connectivity index is 1.31. The first-order valence-corrected chi connectivity index (χ1v) is 8.44. The van der Waals surface area contributed by atoms with E-state index in [2.05, 4.69) is 15.0 Å². The maximum Gasteiger partial charge on any atom is 0.274 e. The normalized spacial score (nSPS) is 21.3. The molecule has 0 radical (unpaired) electrons. The summed E-state index contributed by atoms with van der Waals surface area (Å²) in [6.45, 7) is 2.99. The predicted molar refractivity (Wildman–Crippen MR) is 88.6 cm³/mol. The molecule has 4 rings (SSSR count). The molecule has 25 heavy (non-hydrogen) atoms. The van der Waals surface area contributed by atoms with Crippen molar-refractivity contribution in [1.29, 1.82) is 0 Å². The molecule has 0 aromatic carbocycles. The van der Waals surface area contributed by atoms with Crippen LogP contribution in [-0.2, 0) is 16.1 Å². The Labute approximate surface area is 146 Å². The minimum atomic E-state index is -0.276. The fraction of sp³-hybridized carbons (Fsp3) is 0.444. The molecule has 2 fully saturated rings. The molecule has 2 aliphatic rings. The number of hydrogen-bond donors (Lipinski definition) is 0. The van der Waals surface area contributed by atoms with Crippen LogP contribution in [0.5, 0.6) is 0 Å². The van der Waals surface area contributed by atoms with Gasteiger partial charge in [0, 0.05) is 31.1 Å². The van der Waals surface area contributed by atoms with Crippen LogP contribution in [-0.4, -0.2) is 57.7 Å². The molecular weight excluding hydrogens is 320 g/mol. The van der Waals surface area contributed by atoms with Crippen LogP contribution in [0.25, 0.3) is 0 Å². The van der Waals surface area contributed by atoms with Gasteiger partial charge in [-0.15, -0.1) is 0 Å². The molecule has 1 spiro atoms. The zero-order valence-electron chi connectivity index (χ0n) is 13.9. The highest BCUT2D eigenvalue weighted by molar-refractivity contribution is 5.92. The van der Waals surface area contributed by atoms with E-state index in [0.717, 1.165) is 12.1 Å². The quantitative estimate of drug-likeness (QED) is 0.817. The highest BCUT2D eigenvalue weighted by atomic mass is 16.5. The Hall–Kier alpha value is -2.38. The number of rotatable bonds is 5. The van der Waals surface area contributed by atoms with E-state index in [0.29, 0.717) is 44.5 Å². The summed E-state index contributed by atoms with van der Waals surface area (Å²) >= 11 is 0. The number of ether oxygens (including phenoxy) is 2. The summed E-state index contributed by atoms with van der Waals surface area (Å²) in [5.74, 6) is 0.199. The molecular formula is C18H20N4O3. The molecule has 0 bridgehead atoms. The molecule has 2 aromatic rings. The second-order valence-electron chi connectivity index (χ2n) is 6.49. The Bertz CT molecular complexity index is 720.